The Morgan fingerprint density at radius 1 is 1.05 bits per heavy atom. The van der Waals surface area contributed by atoms with E-state index < -0.39 is 0 Å². The van der Waals surface area contributed by atoms with Crippen LogP contribution in [0.4, 0.5) is 11.4 Å². The zero-order chi connectivity index (χ0) is 14.0. The van der Waals surface area contributed by atoms with Crippen molar-refractivity contribution < 1.29 is 0 Å². The molecule has 19 heavy (non-hydrogen) atoms. The fraction of sp³-hybridized carbons (Fsp3) is 0.133. The predicted octanol–water partition coefficient (Wildman–Crippen LogP) is 4.44. The van der Waals surface area contributed by atoms with E-state index >= 15 is 0 Å². The van der Waals surface area contributed by atoms with Crippen molar-refractivity contribution in [2.45, 2.75) is 13.8 Å². The highest BCUT2D eigenvalue weighted by molar-refractivity contribution is 9.10. The van der Waals surface area contributed by atoms with Crippen LogP contribution in [0.5, 0.6) is 0 Å². The zero-order valence-corrected chi connectivity index (χ0v) is 13.2. The first kappa shape index (κ1) is 14.0. The summed E-state index contributed by atoms with van der Waals surface area (Å²) in [6.07, 6.45) is 0. The smallest absolute Gasteiger partial charge is 0.106 e. The summed E-state index contributed by atoms with van der Waals surface area (Å²) in [6, 6.07) is 12.2. The minimum Gasteiger partial charge on any atom is -0.389 e. The monoisotopic (exact) mass is 334 g/mol. The lowest BCUT2D eigenvalue weighted by Crippen LogP contribution is -2.12. The summed E-state index contributed by atoms with van der Waals surface area (Å²) < 4.78 is 1.01. The van der Waals surface area contributed by atoms with Gasteiger partial charge in [-0.1, -0.05) is 24.4 Å². The number of nitrogens with one attached hydrogen (secondary N) is 1. The first-order valence-electron chi connectivity index (χ1n) is 5.91. The molecule has 0 aliphatic rings. The molecule has 2 aromatic rings. The van der Waals surface area contributed by atoms with Gasteiger partial charge in [-0.15, -0.1) is 0 Å². The van der Waals surface area contributed by atoms with E-state index in [9.17, 15) is 0 Å². The van der Waals surface area contributed by atoms with Gasteiger partial charge in [0.2, 0.25) is 0 Å². The van der Waals surface area contributed by atoms with E-state index in [1.165, 1.54) is 5.56 Å². The van der Waals surface area contributed by atoms with Gasteiger partial charge in [0.05, 0.1) is 5.69 Å². The molecule has 98 valence electrons. The predicted molar refractivity (Wildman–Crippen MR) is 89.2 cm³/mol. The molecular weight excluding hydrogens is 320 g/mol. The summed E-state index contributed by atoms with van der Waals surface area (Å²) in [7, 11) is 0. The Labute approximate surface area is 127 Å². The third-order valence-electron chi connectivity index (χ3n) is 2.83. The molecule has 3 N–H and O–H groups in total. The summed E-state index contributed by atoms with van der Waals surface area (Å²) in [5.41, 5.74) is 10.9. The fourth-order valence-corrected chi connectivity index (χ4v) is 2.38. The van der Waals surface area contributed by atoms with Gasteiger partial charge in [0.25, 0.3) is 0 Å². The van der Waals surface area contributed by atoms with Crippen molar-refractivity contribution in [1.82, 2.24) is 0 Å². The van der Waals surface area contributed by atoms with Gasteiger partial charge >= 0.3 is 0 Å². The van der Waals surface area contributed by atoms with Crippen LogP contribution in [-0.2, 0) is 0 Å². The van der Waals surface area contributed by atoms with Crippen molar-refractivity contribution >= 4 is 44.5 Å². The van der Waals surface area contributed by atoms with Crippen LogP contribution >= 0.6 is 28.1 Å². The summed E-state index contributed by atoms with van der Waals surface area (Å²) in [5, 5.41) is 3.39. The van der Waals surface area contributed by atoms with Crippen LogP contribution < -0.4 is 11.1 Å². The molecule has 0 heterocycles. The maximum atomic E-state index is 5.77. The number of anilines is 2. The minimum absolute atomic E-state index is 0.395. The second-order valence-corrected chi connectivity index (χ2v) is 5.82. The molecular formula is C15H15BrN2S. The SMILES string of the molecule is Cc1ccc(Br)c(Nc2cc(C)ccc2C(N)=S)c1. The normalized spacial score (nSPS) is 10.3. The third-order valence-corrected chi connectivity index (χ3v) is 3.74. The first-order valence-corrected chi connectivity index (χ1v) is 7.11. The Morgan fingerprint density at radius 2 is 1.63 bits per heavy atom. The number of nitrogens with two attached hydrogens (primary N) is 1. The van der Waals surface area contributed by atoms with Gasteiger partial charge in [-0.3, -0.25) is 0 Å². The van der Waals surface area contributed by atoms with E-state index in [0.717, 1.165) is 27.0 Å². The summed E-state index contributed by atoms with van der Waals surface area (Å²) in [6.45, 7) is 4.10. The van der Waals surface area contributed by atoms with Gasteiger partial charge in [0.15, 0.2) is 0 Å². The van der Waals surface area contributed by atoms with Crippen molar-refractivity contribution in [2.24, 2.45) is 5.73 Å². The highest BCUT2D eigenvalue weighted by atomic mass is 79.9. The standard InChI is InChI=1S/C15H15BrN2S/c1-9-3-5-11(15(17)19)13(7-9)18-14-8-10(2)4-6-12(14)16/h3-8,18H,1-2H3,(H2,17,19). The molecule has 0 amide bonds. The van der Waals surface area contributed by atoms with Gasteiger partial charge in [-0.2, -0.15) is 0 Å². The van der Waals surface area contributed by atoms with E-state index in [-0.39, 0.29) is 0 Å². The van der Waals surface area contributed by atoms with Crippen LogP contribution in [0.2, 0.25) is 0 Å². The molecule has 2 rings (SSSR count). The summed E-state index contributed by atoms with van der Waals surface area (Å²) in [5.74, 6) is 0. The van der Waals surface area contributed by atoms with Gasteiger partial charge in [0, 0.05) is 15.7 Å². The van der Waals surface area contributed by atoms with Crippen molar-refractivity contribution in [2.75, 3.05) is 5.32 Å². The molecule has 0 aromatic heterocycles. The number of benzene rings is 2. The zero-order valence-electron chi connectivity index (χ0n) is 10.8. The average molecular weight is 335 g/mol. The Balaban J connectivity index is 2.45. The fourth-order valence-electron chi connectivity index (χ4n) is 1.86. The van der Waals surface area contributed by atoms with E-state index in [0.29, 0.717) is 4.99 Å². The van der Waals surface area contributed by atoms with Crippen molar-refractivity contribution in [1.29, 1.82) is 0 Å². The highest BCUT2D eigenvalue weighted by Crippen LogP contribution is 2.29. The maximum Gasteiger partial charge on any atom is 0.106 e. The number of hydrogen-bond acceptors (Lipinski definition) is 2. The molecule has 0 unspecified atom stereocenters. The molecule has 0 spiro atoms. The van der Waals surface area contributed by atoms with Gasteiger partial charge in [0.1, 0.15) is 4.99 Å². The second kappa shape index (κ2) is 5.72. The van der Waals surface area contributed by atoms with Crippen LogP contribution in [0.1, 0.15) is 16.7 Å². The van der Waals surface area contributed by atoms with Gasteiger partial charge in [-0.05, 0) is 65.2 Å². The lowest BCUT2D eigenvalue weighted by molar-refractivity contribution is 1.40. The maximum absolute atomic E-state index is 5.77. The largest absolute Gasteiger partial charge is 0.389 e. The highest BCUT2D eigenvalue weighted by Gasteiger charge is 2.08. The van der Waals surface area contributed by atoms with Crippen LogP contribution in [0.25, 0.3) is 0 Å². The topological polar surface area (TPSA) is 38.0 Å². The first-order chi connectivity index (χ1) is 8.97. The van der Waals surface area contributed by atoms with Crippen molar-refractivity contribution in [3.8, 4) is 0 Å². The molecule has 2 nitrogen and oxygen atoms in total. The molecule has 4 heteroatoms. The van der Waals surface area contributed by atoms with E-state index in [1.807, 2.05) is 31.2 Å². The number of hydrogen-bond donors (Lipinski definition) is 2. The molecule has 0 fully saturated rings. The molecule has 0 saturated heterocycles. The molecule has 2 aromatic carbocycles. The Morgan fingerprint density at radius 3 is 2.26 bits per heavy atom. The molecule has 0 bridgehead atoms. The van der Waals surface area contributed by atoms with Crippen LogP contribution in [0, 0.1) is 13.8 Å². The summed E-state index contributed by atoms with van der Waals surface area (Å²) in [4.78, 5) is 0.395. The third kappa shape index (κ3) is 3.33. The average Bonchev–Trinajstić information content (AvgIpc) is 2.33. The van der Waals surface area contributed by atoms with E-state index in [2.05, 4.69) is 40.3 Å². The van der Waals surface area contributed by atoms with Crippen molar-refractivity contribution in [3.63, 3.8) is 0 Å². The number of aryl methyl sites for hydroxylation is 2. The Hall–Kier alpha value is -1.39. The Kier molecular flexibility index (Phi) is 4.22. The Bertz CT molecular complexity index is 638. The van der Waals surface area contributed by atoms with Crippen LogP contribution in [0.3, 0.4) is 0 Å². The van der Waals surface area contributed by atoms with E-state index in [4.69, 9.17) is 18.0 Å². The van der Waals surface area contributed by atoms with Crippen LogP contribution in [-0.4, -0.2) is 4.99 Å². The van der Waals surface area contributed by atoms with Crippen molar-refractivity contribution in [3.05, 3.63) is 57.6 Å². The van der Waals surface area contributed by atoms with Crippen LogP contribution in [0.15, 0.2) is 40.9 Å². The molecule has 0 saturated carbocycles. The van der Waals surface area contributed by atoms with Gasteiger partial charge < -0.3 is 11.1 Å². The molecule has 0 aliphatic heterocycles. The lowest BCUT2D eigenvalue weighted by atomic mass is 10.1. The number of rotatable bonds is 3. The minimum atomic E-state index is 0.395. The quantitative estimate of drug-likeness (QED) is 0.814. The molecule has 0 radical (unpaired) electrons. The number of thiocarbonyl (C=S) groups is 1. The molecule has 0 aliphatic carbocycles. The second-order valence-electron chi connectivity index (χ2n) is 4.52. The van der Waals surface area contributed by atoms with E-state index in [1.54, 1.807) is 0 Å². The lowest BCUT2D eigenvalue weighted by Gasteiger charge is -2.14. The molecule has 0 atom stereocenters. The number of halogens is 1. The van der Waals surface area contributed by atoms with Gasteiger partial charge in [-0.25, -0.2) is 0 Å². The summed E-state index contributed by atoms with van der Waals surface area (Å²) >= 11 is 8.64.